The Balaban J connectivity index is 1.56. The number of pyridine rings is 1. The molecule has 1 fully saturated rings. The summed E-state index contributed by atoms with van der Waals surface area (Å²) in [6.07, 6.45) is 7.51. The fourth-order valence-corrected chi connectivity index (χ4v) is 4.42. The number of carbonyl (C=O) groups excluding carboxylic acids is 2. The zero-order valence-electron chi connectivity index (χ0n) is 17.2. The summed E-state index contributed by atoms with van der Waals surface area (Å²) in [5, 5.41) is 4.38. The number of hydrogen-bond donors (Lipinski definition) is 1. The number of carbonyl (C=O) groups is 2. The van der Waals surface area contributed by atoms with Crippen molar-refractivity contribution in [1.82, 2.24) is 15.3 Å². The number of nitrogens with one attached hydrogen (secondary N) is 1. The molecule has 1 aliphatic heterocycles. The van der Waals surface area contributed by atoms with Crippen LogP contribution in [0.2, 0.25) is 0 Å². The highest BCUT2D eigenvalue weighted by Crippen LogP contribution is 2.31. The number of aryl methyl sites for hydroxylation is 1. The number of hydrogen-bond acceptors (Lipinski definition) is 5. The number of furan rings is 1. The molecule has 2 aromatic heterocycles. The Morgan fingerprint density at radius 3 is 2.77 bits per heavy atom. The summed E-state index contributed by atoms with van der Waals surface area (Å²) in [5.41, 5.74) is 5.47. The number of hydrazone groups is 1. The van der Waals surface area contributed by atoms with Crippen molar-refractivity contribution in [3.05, 3.63) is 51.1 Å². The fraction of sp³-hybridized carbons (Fsp3) is 0.455. The predicted octanol–water partition coefficient (Wildman–Crippen LogP) is 4.09. The number of aromatic nitrogens is 1. The van der Waals surface area contributed by atoms with Crippen molar-refractivity contribution >= 4 is 33.5 Å². The van der Waals surface area contributed by atoms with Crippen molar-refractivity contribution in [2.75, 3.05) is 13.1 Å². The SMILES string of the molecule is Cc1c(C(=O)N2CCC(C)CC2)oc2c1/C(=N/NC(=O)c1cncc(Br)c1)CCC2. The van der Waals surface area contributed by atoms with Crippen molar-refractivity contribution in [2.24, 2.45) is 11.0 Å². The Bertz CT molecular complexity index is 1010. The smallest absolute Gasteiger partial charge is 0.289 e. The van der Waals surface area contributed by atoms with E-state index in [4.69, 9.17) is 4.42 Å². The average Bonchev–Trinajstić information content (AvgIpc) is 3.09. The molecule has 0 bridgehead atoms. The van der Waals surface area contributed by atoms with Crippen molar-refractivity contribution < 1.29 is 14.0 Å². The maximum absolute atomic E-state index is 13.0. The minimum absolute atomic E-state index is 0.0441. The number of rotatable bonds is 3. The molecule has 2 amide bonds. The molecule has 4 rings (SSSR count). The van der Waals surface area contributed by atoms with E-state index in [1.807, 2.05) is 11.8 Å². The standard InChI is InChI=1S/C22H25BrN4O3/c1-13-6-8-27(9-7-13)22(29)20-14(2)19-17(4-3-5-18(19)30-20)25-26-21(28)15-10-16(23)12-24-11-15/h10-13H,3-9H2,1-2H3,(H,26,28)/b25-17+. The topological polar surface area (TPSA) is 87.8 Å². The van der Waals surface area contributed by atoms with Gasteiger partial charge in [0.25, 0.3) is 11.8 Å². The van der Waals surface area contributed by atoms with Crippen molar-refractivity contribution in [3.63, 3.8) is 0 Å². The molecule has 8 heteroatoms. The number of likely N-dealkylation sites (tertiary alicyclic amines) is 1. The van der Waals surface area contributed by atoms with Gasteiger partial charge in [-0.3, -0.25) is 14.6 Å². The molecule has 7 nitrogen and oxygen atoms in total. The second kappa shape index (κ2) is 8.71. The van der Waals surface area contributed by atoms with E-state index in [9.17, 15) is 9.59 Å². The lowest BCUT2D eigenvalue weighted by Crippen LogP contribution is -2.38. The molecule has 0 saturated carbocycles. The molecule has 0 aromatic carbocycles. The van der Waals surface area contributed by atoms with Gasteiger partial charge in [0.15, 0.2) is 5.76 Å². The molecular weight excluding hydrogens is 448 g/mol. The summed E-state index contributed by atoms with van der Waals surface area (Å²) in [5.74, 6) is 1.47. The number of amides is 2. The largest absolute Gasteiger partial charge is 0.455 e. The fourth-order valence-electron chi connectivity index (χ4n) is 4.06. The van der Waals surface area contributed by atoms with E-state index in [2.05, 4.69) is 38.4 Å². The van der Waals surface area contributed by atoms with Crippen LogP contribution in [0.1, 0.15) is 70.4 Å². The van der Waals surface area contributed by atoms with E-state index in [-0.39, 0.29) is 11.8 Å². The molecule has 0 unspecified atom stereocenters. The molecule has 158 valence electrons. The first-order valence-corrected chi connectivity index (χ1v) is 11.1. The van der Waals surface area contributed by atoms with Crippen LogP contribution in [0.3, 0.4) is 0 Å². The summed E-state index contributed by atoms with van der Waals surface area (Å²) >= 11 is 3.31. The number of halogens is 1. The van der Waals surface area contributed by atoms with Crippen molar-refractivity contribution in [3.8, 4) is 0 Å². The highest BCUT2D eigenvalue weighted by molar-refractivity contribution is 9.10. The first-order valence-electron chi connectivity index (χ1n) is 10.3. The Morgan fingerprint density at radius 2 is 2.03 bits per heavy atom. The molecule has 3 heterocycles. The van der Waals surface area contributed by atoms with Crippen LogP contribution in [0, 0.1) is 12.8 Å². The van der Waals surface area contributed by atoms with Gasteiger partial charge < -0.3 is 9.32 Å². The minimum atomic E-state index is -0.330. The normalized spacial score (nSPS) is 18.4. The second-order valence-corrected chi connectivity index (χ2v) is 8.99. The van der Waals surface area contributed by atoms with Crippen LogP contribution in [-0.2, 0) is 6.42 Å². The van der Waals surface area contributed by atoms with E-state index in [0.717, 1.165) is 72.3 Å². The lowest BCUT2D eigenvalue weighted by atomic mass is 9.93. The predicted molar refractivity (Wildman–Crippen MR) is 117 cm³/mol. The third-order valence-corrected chi connectivity index (χ3v) is 6.28. The Kier molecular flexibility index (Phi) is 6.04. The maximum atomic E-state index is 13.0. The molecule has 0 radical (unpaired) electrons. The molecule has 1 saturated heterocycles. The molecule has 0 atom stereocenters. The van der Waals surface area contributed by atoms with Crippen LogP contribution in [0.15, 0.2) is 32.5 Å². The van der Waals surface area contributed by atoms with E-state index < -0.39 is 0 Å². The van der Waals surface area contributed by atoms with E-state index >= 15 is 0 Å². The van der Waals surface area contributed by atoms with Gasteiger partial charge in [-0.05, 0) is 60.5 Å². The summed E-state index contributed by atoms with van der Waals surface area (Å²) in [6, 6.07) is 1.69. The summed E-state index contributed by atoms with van der Waals surface area (Å²) < 4.78 is 6.74. The Morgan fingerprint density at radius 1 is 1.27 bits per heavy atom. The molecule has 1 aliphatic carbocycles. The van der Waals surface area contributed by atoms with Gasteiger partial charge in [-0.15, -0.1) is 0 Å². The van der Waals surface area contributed by atoms with Gasteiger partial charge in [-0.1, -0.05) is 6.92 Å². The average molecular weight is 473 g/mol. The van der Waals surface area contributed by atoms with Crippen LogP contribution >= 0.6 is 15.9 Å². The highest BCUT2D eigenvalue weighted by Gasteiger charge is 2.31. The minimum Gasteiger partial charge on any atom is -0.455 e. The van der Waals surface area contributed by atoms with E-state index in [1.54, 1.807) is 12.3 Å². The van der Waals surface area contributed by atoms with Crippen LogP contribution < -0.4 is 5.43 Å². The number of fused-ring (bicyclic) bond motifs is 1. The van der Waals surface area contributed by atoms with Crippen molar-refractivity contribution in [1.29, 1.82) is 0 Å². The molecule has 2 aliphatic rings. The van der Waals surface area contributed by atoms with Gasteiger partial charge in [-0.25, -0.2) is 5.43 Å². The van der Waals surface area contributed by atoms with Gasteiger partial charge in [-0.2, -0.15) is 5.10 Å². The summed E-state index contributed by atoms with van der Waals surface area (Å²) in [6.45, 7) is 5.66. The Hall–Kier alpha value is -2.48. The summed E-state index contributed by atoms with van der Waals surface area (Å²) in [4.78, 5) is 31.4. The van der Waals surface area contributed by atoms with E-state index in [0.29, 0.717) is 17.2 Å². The lowest BCUT2D eigenvalue weighted by molar-refractivity contribution is 0.0662. The lowest BCUT2D eigenvalue weighted by Gasteiger charge is -2.29. The van der Waals surface area contributed by atoms with Crippen LogP contribution in [0.5, 0.6) is 0 Å². The third-order valence-electron chi connectivity index (χ3n) is 5.85. The second-order valence-electron chi connectivity index (χ2n) is 8.07. The van der Waals surface area contributed by atoms with Crippen LogP contribution in [0.25, 0.3) is 0 Å². The van der Waals surface area contributed by atoms with E-state index in [1.165, 1.54) is 6.20 Å². The zero-order chi connectivity index (χ0) is 21.3. The number of nitrogens with zero attached hydrogens (tertiary/aromatic N) is 3. The molecule has 1 N–H and O–H groups in total. The van der Waals surface area contributed by atoms with Gasteiger partial charge in [0.05, 0.1) is 11.3 Å². The molecule has 2 aromatic rings. The van der Waals surface area contributed by atoms with Crippen LogP contribution in [0.4, 0.5) is 0 Å². The molecular formula is C22H25BrN4O3. The maximum Gasteiger partial charge on any atom is 0.289 e. The quantitative estimate of drug-likeness (QED) is 0.681. The number of piperidine rings is 1. The monoisotopic (exact) mass is 472 g/mol. The first-order chi connectivity index (χ1) is 14.4. The van der Waals surface area contributed by atoms with Gasteiger partial charge in [0.1, 0.15) is 5.76 Å². The van der Waals surface area contributed by atoms with Gasteiger partial charge >= 0.3 is 0 Å². The third kappa shape index (κ3) is 4.19. The Labute approximate surface area is 184 Å². The highest BCUT2D eigenvalue weighted by atomic mass is 79.9. The van der Waals surface area contributed by atoms with Crippen LogP contribution in [-0.4, -0.2) is 40.5 Å². The zero-order valence-corrected chi connectivity index (χ0v) is 18.8. The van der Waals surface area contributed by atoms with Gasteiger partial charge in [0.2, 0.25) is 0 Å². The van der Waals surface area contributed by atoms with Gasteiger partial charge in [0, 0.05) is 47.5 Å². The molecule has 0 spiro atoms. The summed E-state index contributed by atoms with van der Waals surface area (Å²) in [7, 11) is 0. The molecule has 30 heavy (non-hydrogen) atoms. The first kappa shape index (κ1) is 20.8. The van der Waals surface area contributed by atoms with Crippen molar-refractivity contribution in [2.45, 2.75) is 46.0 Å².